The number of aromatic nitrogens is 1. The first-order chi connectivity index (χ1) is 16.8. The Morgan fingerprint density at radius 1 is 1.00 bits per heavy atom. The summed E-state index contributed by atoms with van der Waals surface area (Å²) in [5.74, 6) is 0.439. The summed E-state index contributed by atoms with van der Waals surface area (Å²) in [4.78, 5) is 27.6. The third kappa shape index (κ3) is 4.89. The lowest BCUT2D eigenvalue weighted by Gasteiger charge is -2.28. The molecule has 0 aliphatic heterocycles. The van der Waals surface area contributed by atoms with Crippen molar-refractivity contribution in [3.8, 4) is 11.5 Å². The van der Waals surface area contributed by atoms with E-state index in [1.54, 1.807) is 18.2 Å². The van der Waals surface area contributed by atoms with E-state index in [4.69, 9.17) is 14.2 Å². The maximum absolute atomic E-state index is 13.7. The van der Waals surface area contributed by atoms with Crippen LogP contribution in [0.3, 0.4) is 0 Å². The lowest BCUT2D eigenvalue weighted by atomic mass is 10.1. The van der Waals surface area contributed by atoms with Crippen molar-refractivity contribution in [2.45, 2.75) is 43.2 Å². The number of nitrogens with one attached hydrogen (secondary N) is 1. The number of esters is 1. The number of nitrogens with zero attached hydrogens (tertiary/aromatic N) is 1. The molecule has 4 rings (SSSR count). The number of benzene rings is 2. The summed E-state index contributed by atoms with van der Waals surface area (Å²) in [5.41, 5.74) is 0.773. The van der Waals surface area contributed by atoms with Gasteiger partial charge in [-0.25, -0.2) is 13.2 Å². The Bertz CT molecular complexity index is 1390. The Balaban J connectivity index is 1.74. The van der Waals surface area contributed by atoms with Gasteiger partial charge in [-0.3, -0.25) is 4.79 Å². The molecule has 0 unspecified atom stereocenters. The first-order valence-corrected chi connectivity index (χ1v) is 12.7. The first kappa shape index (κ1) is 24.7. The lowest BCUT2D eigenvalue weighted by Crippen LogP contribution is -2.39. The van der Waals surface area contributed by atoms with Crippen molar-refractivity contribution in [1.29, 1.82) is 0 Å². The van der Waals surface area contributed by atoms with E-state index < -0.39 is 16.0 Å². The van der Waals surface area contributed by atoms with Gasteiger partial charge in [0, 0.05) is 29.6 Å². The van der Waals surface area contributed by atoms with Gasteiger partial charge in [-0.1, -0.05) is 12.8 Å². The van der Waals surface area contributed by atoms with Crippen LogP contribution in [0.4, 0.5) is 0 Å². The van der Waals surface area contributed by atoms with Crippen LogP contribution in [-0.2, 0) is 21.3 Å². The molecule has 35 heavy (non-hydrogen) atoms. The smallest absolute Gasteiger partial charge is 0.337 e. The van der Waals surface area contributed by atoms with Crippen LogP contribution in [0, 0.1) is 0 Å². The lowest BCUT2D eigenvalue weighted by molar-refractivity contribution is 0.0600. The van der Waals surface area contributed by atoms with Gasteiger partial charge in [0.15, 0.2) is 11.5 Å². The van der Waals surface area contributed by atoms with Crippen molar-refractivity contribution in [3.05, 3.63) is 63.9 Å². The molecule has 1 aliphatic carbocycles. The SMILES string of the molecule is COC(=O)c1ccc(S(=O)(=O)N(Cc2cc3cc(OC)c(OC)cc3[nH]c2=O)C2CCCC2)cc1. The average molecular weight is 501 g/mol. The number of carbonyl (C=O) groups excluding carboxylic acids is 1. The predicted molar refractivity (Wildman–Crippen MR) is 130 cm³/mol. The molecule has 1 fully saturated rings. The van der Waals surface area contributed by atoms with Crippen molar-refractivity contribution in [1.82, 2.24) is 9.29 Å². The summed E-state index contributed by atoms with van der Waals surface area (Å²) in [5, 5.41) is 0.698. The molecule has 9 nitrogen and oxygen atoms in total. The average Bonchev–Trinajstić information content (AvgIpc) is 3.40. The second-order valence-corrected chi connectivity index (χ2v) is 10.3. The topological polar surface area (TPSA) is 115 Å². The van der Waals surface area contributed by atoms with E-state index in [9.17, 15) is 18.0 Å². The molecular weight excluding hydrogens is 472 g/mol. The molecule has 186 valence electrons. The number of fused-ring (bicyclic) bond motifs is 1. The van der Waals surface area contributed by atoms with E-state index >= 15 is 0 Å². The molecule has 1 saturated carbocycles. The highest BCUT2D eigenvalue weighted by Crippen LogP contribution is 2.33. The molecule has 0 bridgehead atoms. The molecular formula is C25H28N2O7S. The number of hydrogen-bond acceptors (Lipinski definition) is 7. The Kier molecular flexibility index (Phi) is 7.13. The Labute approximate surface area is 203 Å². The molecule has 1 aromatic heterocycles. The number of methoxy groups -OCH3 is 3. The Morgan fingerprint density at radius 3 is 2.23 bits per heavy atom. The molecule has 0 amide bonds. The second-order valence-electron chi connectivity index (χ2n) is 8.42. The fourth-order valence-corrected chi connectivity index (χ4v) is 6.15. The van der Waals surface area contributed by atoms with Gasteiger partial charge in [0.05, 0.1) is 37.3 Å². The summed E-state index contributed by atoms with van der Waals surface area (Å²) in [6.45, 7) is -0.0780. The van der Waals surface area contributed by atoms with Crippen molar-refractivity contribution >= 4 is 26.9 Å². The molecule has 3 aromatic rings. The van der Waals surface area contributed by atoms with Crippen LogP contribution in [-0.4, -0.2) is 51.0 Å². The molecule has 0 spiro atoms. The maximum atomic E-state index is 13.7. The molecule has 0 radical (unpaired) electrons. The minimum atomic E-state index is -3.94. The van der Waals surface area contributed by atoms with Crippen molar-refractivity contribution in [2.75, 3.05) is 21.3 Å². The zero-order valence-corrected chi connectivity index (χ0v) is 20.7. The van der Waals surface area contributed by atoms with Crippen LogP contribution in [0.15, 0.2) is 52.2 Å². The highest BCUT2D eigenvalue weighted by molar-refractivity contribution is 7.89. The molecule has 2 aromatic carbocycles. The van der Waals surface area contributed by atoms with Crippen LogP contribution in [0.1, 0.15) is 41.6 Å². The number of pyridine rings is 1. The summed E-state index contributed by atoms with van der Waals surface area (Å²) < 4.78 is 44.2. The number of H-pyrrole nitrogens is 1. The quantitative estimate of drug-likeness (QED) is 0.471. The van der Waals surface area contributed by atoms with Gasteiger partial charge in [-0.2, -0.15) is 4.31 Å². The van der Waals surface area contributed by atoms with Gasteiger partial charge in [0.25, 0.3) is 5.56 Å². The summed E-state index contributed by atoms with van der Waals surface area (Å²) >= 11 is 0. The molecule has 0 saturated heterocycles. The second kappa shape index (κ2) is 10.1. The first-order valence-electron chi connectivity index (χ1n) is 11.3. The van der Waals surface area contributed by atoms with Crippen LogP contribution in [0.25, 0.3) is 10.9 Å². The zero-order valence-electron chi connectivity index (χ0n) is 19.9. The number of hydrogen-bond donors (Lipinski definition) is 1. The van der Waals surface area contributed by atoms with Gasteiger partial charge in [0.1, 0.15) is 0 Å². The van der Waals surface area contributed by atoms with Gasteiger partial charge in [0.2, 0.25) is 10.0 Å². The third-order valence-electron chi connectivity index (χ3n) is 6.37. The monoisotopic (exact) mass is 500 g/mol. The van der Waals surface area contributed by atoms with Gasteiger partial charge in [-0.05, 0) is 49.2 Å². The highest BCUT2D eigenvalue weighted by atomic mass is 32.2. The van der Waals surface area contributed by atoms with E-state index in [1.807, 2.05) is 0 Å². The highest BCUT2D eigenvalue weighted by Gasteiger charge is 2.34. The summed E-state index contributed by atoms with van der Waals surface area (Å²) in [6.07, 6.45) is 3.28. The van der Waals surface area contributed by atoms with Crippen molar-refractivity contribution in [2.24, 2.45) is 0 Å². The van der Waals surface area contributed by atoms with Crippen LogP contribution in [0.2, 0.25) is 0 Å². The van der Waals surface area contributed by atoms with Gasteiger partial charge in [-0.15, -0.1) is 0 Å². The number of sulfonamides is 1. The van der Waals surface area contributed by atoms with E-state index in [0.717, 1.165) is 25.7 Å². The molecule has 0 atom stereocenters. The number of ether oxygens (including phenoxy) is 3. The van der Waals surface area contributed by atoms with Crippen molar-refractivity contribution < 1.29 is 27.4 Å². The van der Waals surface area contributed by atoms with E-state index in [1.165, 1.54) is 49.9 Å². The predicted octanol–water partition coefficient (Wildman–Crippen LogP) is 3.47. The molecule has 10 heteroatoms. The largest absolute Gasteiger partial charge is 0.493 e. The summed E-state index contributed by atoms with van der Waals surface area (Å²) in [7, 11) is 0.360. The van der Waals surface area contributed by atoms with E-state index in [-0.39, 0.29) is 28.6 Å². The van der Waals surface area contributed by atoms with Crippen LogP contribution < -0.4 is 15.0 Å². The molecule has 1 aliphatic rings. The van der Waals surface area contributed by atoms with Crippen LogP contribution in [0.5, 0.6) is 11.5 Å². The fourth-order valence-electron chi connectivity index (χ4n) is 4.48. The Morgan fingerprint density at radius 2 is 1.63 bits per heavy atom. The van der Waals surface area contributed by atoms with Crippen LogP contribution >= 0.6 is 0 Å². The Hall–Kier alpha value is -3.37. The van der Waals surface area contributed by atoms with Gasteiger partial charge >= 0.3 is 5.97 Å². The summed E-state index contributed by atoms with van der Waals surface area (Å²) in [6, 6.07) is 10.5. The molecule has 1 heterocycles. The maximum Gasteiger partial charge on any atom is 0.337 e. The van der Waals surface area contributed by atoms with E-state index in [0.29, 0.717) is 28.0 Å². The van der Waals surface area contributed by atoms with E-state index in [2.05, 4.69) is 4.98 Å². The molecule has 1 N–H and O–H groups in total. The number of aromatic amines is 1. The minimum absolute atomic E-state index is 0.0562. The zero-order chi connectivity index (χ0) is 25.2. The minimum Gasteiger partial charge on any atom is -0.493 e. The van der Waals surface area contributed by atoms with Gasteiger partial charge < -0.3 is 19.2 Å². The third-order valence-corrected chi connectivity index (χ3v) is 8.28. The normalized spacial score (nSPS) is 14.4. The number of rotatable bonds is 8. The van der Waals surface area contributed by atoms with Crippen molar-refractivity contribution in [3.63, 3.8) is 0 Å². The standard InChI is InChI=1S/C25H28N2O7S/c1-32-22-13-17-12-18(24(28)26-21(17)14-23(22)33-2)15-27(19-6-4-5-7-19)35(30,31)20-10-8-16(9-11-20)25(29)34-3/h8-14,19H,4-7,15H2,1-3H3,(H,26,28). The number of carbonyl (C=O) groups is 1. The fraction of sp³-hybridized carbons (Fsp3) is 0.360.